The Kier molecular flexibility index (Phi) is 6.84. The highest BCUT2D eigenvalue weighted by Gasteiger charge is 2.21. The first-order chi connectivity index (χ1) is 8.20. The summed E-state index contributed by atoms with van der Waals surface area (Å²) in [5.41, 5.74) is 0.885. The summed E-state index contributed by atoms with van der Waals surface area (Å²) >= 11 is 0. The first-order valence-electron chi connectivity index (χ1n) is 5.78. The Morgan fingerprint density at radius 1 is 1.18 bits per heavy atom. The highest BCUT2D eigenvalue weighted by molar-refractivity contribution is 5.75. The highest BCUT2D eigenvalue weighted by atomic mass is 16.6. The van der Waals surface area contributed by atoms with Crippen LogP contribution in [-0.2, 0) is 23.7 Å². The van der Waals surface area contributed by atoms with Crippen LogP contribution in [0.25, 0.3) is 0 Å². The molecule has 1 heterocycles. The average molecular weight is 244 g/mol. The van der Waals surface area contributed by atoms with Crippen LogP contribution in [0, 0.1) is 0 Å². The quantitative estimate of drug-likeness (QED) is 0.534. The number of ether oxygens (including phenoxy) is 4. The average Bonchev–Trinajstić information content (AvgIpc) is 2.27. The summed E-state index contributed by atoms with van der Waals surface area (Å²) in [6, 6.07) is 0. The number of carbonyl (C=O) groups excluding carboxylic acids is 1. The monoisotopic (exact) mass is 244 g/mol. The molecule has 1 atom stereocenters. The number of rotatable bonds is 2. The molecule has 0 saturated carbocycles. The number of cyclic esters (lactones) is 1. The number of carbonyl (C=O) groups is 1. The standard InChI is InChI=1S/C12H20O5/c1-10(2)9-11-12(13)17-8-6-15-4-3-14-5-7-16-11/h11H,1,3-9H2,2H3. The first kappa shape index (κ1) is 14.2. The van der Waals surface area contributed by atoms with E-state index in [1.807, 2.05) is 6.92 Å². The fourth-order valence-electron chi connectivity index (χ4n) is 1.39. The van der Waals surface area contributed by atoms with Crippen LogP contribution in [0.5, 0.6) is 0 Å². The maximum Gasteiger partial charge on any atom is 0.335 e. The lowest BCUT2D eigenvalue weighted by Gasteiger charge is -2.18. The van der Waals surface area contributed by atoms with Crippen molar-refractivity contribution in [2.24, 2.45) is 0 Å². The Morgan fingerprint density at radius 2 is 1.76 bits per heavy atom. The second-order valence-corrected chi connectivity index (χ2v) is 3.91. The van der Waals surface area contributed by atoms with E-state index in [0.29, 0.717) is 39.5 Å². The highest BCUT2D eigenvalue weighted by Crippen LogP contribution is 2.08. The maximum atomic E-state index is 11.7. The molecule has 0 amide bonds. The van der Waals surface area contributed by atoms with Crippen LogP contribution in [0.3, 0.4) is 0 Å². The second kappa shape index (κ2) is 8.22. The van der Waals surface area contributed by atoms with Crippen LogP contribution >= 0.6 is 0 Å². The van der Waals surface area contributed by atoms with Gasteiger partial charge in [-0.3, -0.25) is 0 Å². The SMILES string of the molecule is C=C(C)CC1OCCOCCOCCOC1=O. The summed E-state index contributed by atoms with van der Waals surface area (Å²) < 4.78 is 21.0. The lowest BCUT2D eigenvalue weighted by Crippen LogP contribution is -2.30. The topological polar surface area (TPSA) is 54.0 Å². The largest absolute Gasteiger partial charge is 0.461 e. The van der Waals surface area contributed by atoms with Gasteiger partial charge in [-0.2, -0.15) is 0 Å². The van der Waals surface area contributed by atoms with Crippen molar-refractivity contribution in [3.8, 4) is 0 Å². The zero-order valence-electron chi connectivity index (χ0n) is 10.3. The van der Waals surface area contributed by atoms with Gasteiger partial charge >= 0.3 is 5.97 Å². The molecule has 0 radical (unpaired) electrons. The molecule has 17 heavy (non-hydrogen) atoms. The van der Waals surface area contributed by atoms with Crippen molar-refractivity contribution in [2.75, 3.05) is 39.6 Å². The molecule has 0 aliphatic carbocycles. The molecule has 1 aliphatic rings. The van der Waals surface area contributed by atoms with E-state index in [9.17, 15) is 4.79 Å². The van der Waals surface area contributed by atoms with Gasteiger partial charge < -0.3 is 18.9 Å². The molecule has 1 fully saturated rings. The van der Waals surface area contributed by atoms with E-state index < -0.39 is 6.10 Å². The van der Waals surface area contributed by atoms with E-state index >= 15 is 0 Å². The summed E-state index contributed by atoms with van der Waals surface area (Å²) in [7, 11) is 0. The molecular formula is C12H20O5. The minimum absolute atomic E-state index is 0.245. The molecule has 5 nitrogen and oxygen atoms in total. The fraction of sp³-hybridized carbons (Fsp3) is 0.750. The molecule has 1 aliphatic heterocycles. The molecule has 0 N–H and O–H groups in total. The van der Waals surface area contributed by atoms with Crippen molar-refractivity contribution in [1.82, 2.24) is 0 Å². The number of hydrogen-bond acceptors (Lipinski definition) is 5. The Balaban J connectivity index is 2.45. The van der Waals surface area contributed by atoms with E-state index in [2.05, 4.69) is 6.58 Å². The van der Waals surface area contributed by atoms with E-state index in [1.54, 1.807) is 0 Å². The van der Waals surface area contributed by atoms with Gasteiger partial charge in [-0.25, -0.2) is 4.79 Å². The Bertz CT molecular complexity index is 251. The van der Waals surface area contributed by atoms with E-state index in [4.69, 9.17) is 18.9 Å². The fourth-order valence-corrected chi connectivity index (χ4v) is 1.39. The third-order valence-corrected chi connectivity index (χ3v) is 2.19. The Morgan fingerprint density at radius 3 is 2.41 bits per heavy atom. The summed E-state index contributed by atoms with van der Waals surface area (Å²) in [6.07, 6.45) is -0.116. The third kappa shape index (κ3) is 6.41. The van der Waals surface area contributed by atoms with Crippen LogP contribution in [0.2, 0.25) is 0 Å². The lowest BCUT2D eigenvalue weighted by molar-refractivity contribution is -0.161. The van der Waals surface area contributed by atoms with Gasteiger partial charge in [-0.1, -0.05) is 5.57 Å². The molecule has 0 bridgehead atoms. The van der Waals surface area contributed by atoms with Crippen molar-refractivity contribution < 1.29 is 23.7 Å². The zero-order valence-corrected chi connectivity index (χ0v) is 10.3. The van der Waals surface area contributed by atoms with Crippen LogP contribution < -0.4 is 0 Å². The molecule has 1 rings (SSSR count). The molecule has 0 aromatic heterocycles. The Labute approximate surface area is 102 Å². The molecule has 5 heteroatoms. The molecule has 1 unspecified atom stereocenters. The van der Waals surface area contributed by atoms with E-state index in [-0.39, 0.29) is 12.6 Å². The normalized spacial score (nSPS) is 24.3. The van der Waals surface area contributed by atoms with Gasteiger partial charge in [0.25, 0.3) is 0 Å². The minimum atomic E-state index is -0.587. The smallest absolute Gasteiger partial charge is 0.335 e. The van der Waals surface area contributed by atoms with Gasteiger partial charge in [0, 0.05) is 6.42 Å². The first-order valence-corrected chi connectivity index (χ1v) is 5.78. The van der Waals surface area contributed by atoms with Crippen LogP contribution in [0.15, 0.2) is 12.2 Å². The summed E-state index contributed by atoms with van der Waals surface area (Å²) in [5.74, 6) is -0.364. The van der Waals surface area contributed by atoms with Crippen molar-refractivity contribution in [3.63, 3.8) is 0 Å². The maximum absolute atomic E-state index is 11.7. The summed E-state index contributed by atoms with van der Waals surface area (Å²) in [4.78, 5) is 11.7. The molecule has 0 spiro atoms. The molecular weight excluding hydrogens is 224 g/mol. The third-order valence-electron chi connectivity index (χ3n) is 2.19. The predicted molar refractivity (Wildman–Crippen MR) is 61.8 cm³/mol. The van der Waals surface area contributed by atoms with Crippen LogP contribution in [-0.4, -0.2) is 51.7 Å². The van der Waals surface area contributed by atoms with Gasteiger partial charge in [0.2, 0.25) is 0 Å². The van der Waals surface area contributed by atoms with Gasteiger partial charge in [-0.05, 0) is 6.92 Å². The lowest BCUT2D eigenvalue weighted by atomic mass is 10.1. The molecule has 98 valence electrons. The van der Waals surface area contributed by atoms with Crippen LogP contribution in [0.4, 0.5) is 0 Å². The predicted octanol–water partition coefficient (Wildman–Crippen LogP) is 0.928. The van der Waals surface area contributed by atoms with Gasteiger partial charge in [-0.15, -0.1) is 6.58 Å². The molecule has 0 aromatic carbocycles. The number of esters is 1. The number of hydrogen-bond donors (Lipinski definition) is 0. The summed E-state index contributed by atoms with van der Waals surface area (Å²) in [5, 5.41) is 0. The van der Waals surface area contributed by atoms with Crippen molar-refractivity contribution in [3.05, 3.63) is 12.2 Å². The van der Waals surface area contributed by atoms with Gasteiger partial charge in [0.1, 0.15) is 6.61 Å². The summed E-state index contributed by atoms with van der Waals surface area (Å²) in [6.45, 7) is 8.10. The van der Waals surface area contributed by atoms with Crippen molar-refractivity contribution >= 4 is 5.97 Å². The van der Waals surface area contributed by atoms with Gasteiger partial charge in [0.05, 0.1) is 33.0 Å². The van der Waals surface area contributed by atoms with Crippen molar-refractivity contribution in [1.29, 1.82) is 0 Å². The minimum Gasteiger partial charge on any atom is -0.461 e. The van der Waals surface area contributed by atoms with E-state index in [1.165, 1.54) is 0 Å². The van der Waals surface area contributed by atoms with Gasteiger partial charge in [0.15, 0.2) is 6.10 Å². The zero-order chi connectivity index (χ0) is 12.5. The molecule has 1 saturated heterocycles. The second-order valence-electron chi connectivity index (χ2n) is 3.91. The Hall–Kier alpha value is -0.910. The van der Waals surface area contributed by atoms with Crippen molar-refractivity contribution in [2.45, 2.75) is 19.4 Å². The van der Waals surface area contributed by atoms with E-state index in [0.717, 1.165) is 5.57 Å². The van der Waals surface area contributed by atoms with Crippen LogP contribution in [0.1, 0.15) is 13.3 Å². The molecule has 0 aromatic rings.